The van der Waals surface area contributed by atoms with Gasteiger partial charge in [-0.05, 0) is 37.5 Å². The molecule has 2 heterocycles. The van der Waals surface area contributed by atoms with Crippen LogP contribution in [0.1, 0.15) is 44.2 Å². The van der Waals surface area contributed by atoms with Crippen LogP contribution in [0.25, 0.3) is 10.9 Å². The van der Waals surface area contributed by atoms with Crippen LogP contribution >= 0.6 is 0 Å². The minimum absolute atomic E-state index is 0.128. The van der Waals surface area contributed by atoms with Crippen molar-refractivity contribution in [3.8, 4) is 0 Å². The summed E-state index contributed by atoms with van der Waals surface area (Å²) in [5, 5.41) is 4.62. The first-order chi connectivity index (χ1) is 15.7. The Morgan fingerprint density at radius 1 is 0.938 bits per heavy atom. The molecule has 1 aromatic heterocycles. The first kappa shape index (κ1) is 20.7. The summed E-state index contributed by atoms with van der Waals surface area (Å²) in [6.45, 7) is 5.18. The van der Waals surface area contributed by atoms with Gasteiger partial charge in [-0.15, -0.1) is 0 Å². The van der Waals surface area contributed by atoms with Crippen LogP contribution < -0.4 is 10.2 Å². The van der Waals surface area contributed by atoms with E-state index in [0.29, 0.717) is 5.91 Å². The molecule has 2 aromatic carbocycles. The Kier molecular flexibility index (Phi) is 5.93. The smallest absolute Gasteiger partial charge is 0.228 e. The summed E-state index contributed by atoms with van der Waals surface area (Å²) in [5.74, 6) is 2.18. The number of nitrogens with one attached hydrogen (secondary N) is 1. The van der Waals surface area contributed by atoms with Crippen molar-refractivity contribution in [1.29, 1.82) is 0 Å². The van der Waals surface area contributed by atoms with E-state index in [4.69, 9.17) is 9.97 Å². The summed E-state index contributed by atoms with van der Waals surface area (Å²) >= 11 is 0. The second kappa shape index (κ2) is 9.15. The maximum atomic E-state index is 12.8. The number of hydrogen-bond donors (Lipinski definition) is 1. The van der Waals surface area contributed by atoms with Gasteiger partial charge in [0.05, 0.1) is 5.52 Å². The molecule has 5 rings (SSSR count). The van der Waals surface area contributed by atoms with Crippen LogP contribution in [0.3, 0.4) is 0 Å². The van der Waals surface area contributed by atoms with Gasteiger partial charge in [0.1, 0.15) is 5.82 Å². The van der Waals surface area contributed by atoms with Crippen LogP contribution in [0.15, 0.2) is 54.6 Å². The molecule has 0 bridgehead atoms. The molecule has 1 saturated carbocycles. The van der Waals surface area contributed by atoms with Gasteiger partial charge in [-0.2, -0.15) is 4.98 Å². The Bertz CT molecular complexity index is 1070. The Morgan fingerprint density at radius 3 is 2.38 bits per heavy atom. The number of nitrogens with zero attached hydrogens (tertiary/aromatic N) is 4. The monoisotopic (exact) mass is 429 g/mol. The lowest BCUT2D eigenvalue weighted by molar-refractivity contribution is -0.135. The van der Waals surface area contributed by atoms with Gasteiger partial charge in [0, 0.05) is 43.5 Å². The van der Waals surface area contributed by atoms with Crippen molar-refractivity contribution in [3.05, 3.63) is 60.2 Å². The second-order valence-corrected chi connectivity index (χ2v) is 8.96. The fraction of sp³-hybridized carbons (Fsp3) is 0.423. The topological polar surface area (TPSA) is 61.4 Å². The van der Waals surface area contributed by atoms with E-state index in [9.17, 15) is 4.79 Å². The van der Waals surface area contributed by atoms with Crippen LogP contribution in [0, 0.1) is 5.92 Å². The molecule has 6 nitrogen and oxygen atoms in total. The number of rotatable bonds is 5. The number of fused-ring (bicyclic) bond motifs is 1. The molecule has 1 aliphatic heterocycles. The first-order valence-corrected chi connectivity index (χ1v) is 11.8. The van der Waals surface area contributed by atoms with Crippen LogP contribution in [0.5, 0.6) is 0 Å². The highest BCUT2D eigenvalue weighted by Gasteiger charge is 2.30. The number of anilines is 2. The molecule has 1 amide bonds. The summed E-state index contributed by atoms with van der Waals surface area (Å²) in [7, 11) is 0. The Labute approximate surface area is 189 Å². The predicted molar refractivity (Wildman–Crippen MR) is 129 cm³/mol. The Hall–Kier alpha value is -3.15. The molecule has 0 radical (unpaired) electrons. The molecule has 1 aliphatic carbocycles. The maximum absolute atomic E-state index is 12.8. The average Bonchev–Trinajstić information content (AvgIpc) is 3.39. The van der Waals surface area contributed by atoms with Crippen molar-refractivity contribution < 1.29 is 4.79 Å². The summed E-state index contributed by atoms with van der Waals surface area (Å²) < 4.78 is 0. The molecule has 2 fully saturated rings. The lowest BCUT2D eigenvalue weighted by Crippen LogP contribution is -2.50. The maximum Gasteiger partial charge on any atom is 0.228 e. The average molecular weight is 430 g/mol. The number of amides is 1. The SMILES string of the molecule is CC(Nc1nc(N2CCN(C(=O)C3CCCC3)CC2)nc2ccccc12)c1ccccc1. The van der Waals surface area contributed by atoms with Crippen molar-refractivity contribution in [2.45, 2.75) is 38.6 Å². The largest absolute Gasteiger partial charge is 0.363 e. The van der Waals surface area contributed by atoms with Gasteiger partial charge < -0.3 is 15.1 Å². The molecule has 32 heavy (non-hydrogen) atoms. The van der Waals surface area contributed by atoms with E-state index < -0.39 is 0 Å². The number of benzene rings is 2. The van der Waals surface area contributed by atoms with Gasteiger partial charge in [0.25, 0.3) is 0 Å². The minimum Gasteiger partial charge on any atom is -0.363 e. The zero-order valence-electron chi connectivity index (χ0n) is 18.7. The highest BCUT2D eigenvalue weighted by Crippen LogP contribution is 2.29. The molecule has 1 unspecified atom stereocenters. The number of para-hydroxylation sites is 1. The third-order valence-corrected chi connectivity index (χ3v) is 6.82. The van der Waals surface area contributed by atoms with Gasteiger partial charge in [0.2, 0.25) is 11.9 Å². The Morgan fingerprint density at radius 2 is 1.62 bits per heavy atom. The third kappa shape index (κ3) is 4.27. The van der Waals surface area contributed by atoms with Crippen molar-refractivity contribution in [3.63, 3.8) is 0 Å². The molecule has 0 spiro atoms. The van der Waals surface area contributed by atoms with Gasteiger partial charge in [-0.1, -0.05) is 55.3 Å². The summed E-state index contributed by atoms with van der Waals surface area (Å²) in [5.41, 5.74) is 2.15. The zero-order chi connectivity index (χ0) is 21.9. The quantitative estimate of drug-likeness (QED) is 0.640. The number of carbonyl (C=O) groups is 1. The molecular weight excluding hydrogens is 398 g/mol. The standard InChI is InChI=1S/C26H31N5O/c1-19(20-9-3-2-4-10-20)27-24-22-13-7-8-14-23(22)28-26(29-24)31-17-15-30(16-18-31)25(32)21-11-5-6-12-21/h2-4,7-10,13-14,19,21H,5-6,11-12,15-18H2,1H3,(H,27,28,29). The molecule has 166 valence electrons. The fourth-order valence-electron chi connectivity index (χ4n) is 4.90. The predicted octanol–water partition coefficient (Wildman–Crippen LogP) is 4.64. The third-order valence-electron chi connectivity index (χ3n) is 6.82. The molecule has 3 aromatic rings. The lowest BCUT2D eigenvalue weighted by atomic mass is 10.1. The second-order valence-electron chi connectivity index (χ2n) is 8.96. The number of hydrogen-bond acceptors (Lipinski definition) is 5. The zero-order valence-corrected chi connectivity index (χ0v) is 18.7. The van der Waals surface area contributed by atoms with Crippen molar-refractivity contribution in [2.75, 3.05) is 36.4 Å². The van der Waals surface area contributed by atoms with E-state index in [0.717, 1.165) is 61.7 Å². The molecular formula is C26H31N5O. The molecule has 1 atom stereocenters. The molecule has 6 heteroatoms. The fourth-order valence-corrected chi connectivity index (χ4v) is 4.90. The number of carbonyl (C=O) groups excluding carboxylic acids is 1. The molecule has 2 aliphatic rings. The number of aromatic nitrogens is 2. The van der Waals surface area contributed by atoms with Crippen molar-refractivity contribution >= 4 is 28.6 Å². The molecule has 1 saturated heterocycles. The normalized spacial score (nSPS) is 18.2. The highest BCUT2D eigenvalue weighted by atomic mass is 16.2. The van der Waals surface area contributed by atoms with Gasteiger partial charge >= 0.3 is 0 Å². The van der Waals surface area contributed by atoms with E-state index in [2.05, 4.69) is 47.5 Å². The van der Waals surface area contributed by atoms with Crippen molar-refractivity contribution in [1.82, 2.24) is 14.9 Å². The van der Waals surface area contributed by atoms with E-state index >= 15 is 0 Å². The van der Waals surface area contributed by atoms with E-state index in [1.54, 1.807) is 0 Å². The van der Waals surface area contributed by atoms with Crippen LogP contribution in [-0.4, -0.2) is 47.0 Å². The Balaban J connectivity index is 1.35. The van der Waals surface area contributed by atoms with E-state index in [1.807, 2.05) is 29.2 Å². The van der Waals surface area contributed by atoms with Gasteiger partial charge in [-0.25, -0.2) is 4.98 Å². The summed E-state index contributed by atoms with van der Waals surface area (Å²) in [4.78, 5) is 26.8. The molecule has 1 N–H and O–H groups in total. The van der Waals surface area contributed by atoms with Crippen LogP contribution in [0.2, 0.25) is 0 Å². The van der Waals surface area contributed by atoms with Crippen LogP contribution in [-0.2, 0) is 4.79 Å². The van der Waals surface area contributed by atoms with E-state index in [1.165, 1.54) is 18.4 Å². The van der Waals surface area contributed by atoms with Gasteiger partial charge in [0.15, 0.2) is 0 Å². The summed E-state index contributed by atoms with van der Waals surface area (Å²) in [6.07, 6.45) is 4.50. The van der Waals surface area contributed by atoms with Crippen molar-refractivity contribution in [2.24, 2.45) is 5.92 Å². The first-order valence-electron chi connectivity index (χ1n) is 11.8. The van der Waals surface area contributed by atoms with Gasteiger partial charge in [-0.3, -0.25) is 4.79 Å². The van der Waals surface area contributed by atoms with Crippen LogP contribution in [0.4, 0.5) is 11.8 Å². The van der Waals surface area contributed by atoms with E-state index in [-0.39, 0.29) is 12.0 Å². The number of piperazine rings is 1. The highest BCUT2D eigenvalue weighted by molar-refractivity contribution is 5.90. The lowest BCUT2D eigenvalue weighted by Gasteiger charge is -2.36. The minimum atomic E-state index is 0.128. The summed E-state index contributed by atoms with van der Waals surface area (Å²) in [6, 6.07) is 18.7.